The molecule has 210 valence electrons. The average molecular weight is 541 g/mol. The molecule has 0 radical (unpaired) electrons. The monoisotopic (exact) mass is 540 g/mol. The van der Waals surface area contributed by atoms with Gasteiger partial charge in [0, 0.05) is 42.3 Å². The predicted molar refractivity (Wildman–Crippen MR) is 158 cm³/mol. The number of aryl methyl sites for hydroxylation is 2. The molecule has 0 aliphatic carbocycles. The Morgan fingerprint density at radius 2 is 1.85 bits per heavy atom. The Kier molecular flexibility index (Phi) is 7.65. The first-order valence-corrected chi connectivity index (χ1v) is 14.2. The van der Waals surface area contributed by atoms with Gasteiger partial charge in [0.2, 0.25) is 0 Å². The number of hydrogen-bond donors (Lipinski definition) is 2. The van der Waals surface area contributed by atoms with Gasteiger partial charge in [-0.2, -0.15) is 0 Å². The lowest BCUT2D eigenvalue weighted by Gasteiger charge is -2.31. The lowest BCUT2D eigenvalue weighted by Crippen LogP contribution is -2.36. The molecule has 0 saturated heterocycles. The highest BCUT2D eigenvalue weighted by atomic mass is 16.1. The van der Waals surface area contributed by atoms with Gasteiger partial charge in [-0.1, -0.05) is 71.4 Å². The van der Waals surface area contributed by atoms with E-state index in [-0.39, 0.29) is 11.1 Å². The van der Waals surface area contributed by atoms with Crippen molar-refractivity contribution in [1.82, 2.24) is 39.6 Å². The number of benzene rings is 1. The van der Waals surface area contributed by atoms with Crippen LogP contribution in [0.2, 0.25) is 0 Å². The van der Waals surface area contributed by atoms with Crippen LogP contribution in [0.5, 0.6) is 0 Å². The van der Waals surface area contributed by atoms with Crippen molar-refractivity contribution in [2.45, 2.75) is 84.2 Å². The summed E-state index contributed by atoms with van der Waals surface area (Å²) in [5.74, 6) is 1.58. The maximum atomic E-state index is 14.4. The Morgan fingerprint density at radius 3 is 2.52 bits per heavy atom. The van der Waals surface area contributed by atoms with Crippen LogP contribution < -0.4 is 11.0 Å². The SMILES string of the molecule is CCCCc1cn(-c2c(C(C)(C)C)ccn2CCC)c(=O)n1CC1(c2cccc(-c3nnn[nH]3)c2)C=CNC=C1. The molecule has 0 atom stereocenters. The number of aromatic amines is 1. The molecule has 1 aliphatic heterocycles. The minimum atomic E-state index is -0.538. The van der Waals surface area contributed by atoms with Crippen LogP contribution in [0.25, 0.3) is 17.2 Å². The van der Waals surface area contributed by atoms with Crippen LogP contribution >= 0.6 is 0 Å². The number of dihydropyridines is 1. The third kappa shape index (κ3) is 5.20. The van der Waals surface area contributed by atoms with Crippen LogP contribution in [-0.2, 0) is 30.3 Å². The third-order valence-electron chi connectivity index (χ3n) is 7.68. The van der Waals surface area contributed by atoms with Crippen LogP contribution in [0.1, 0.15) is 70.7 Å². The summed E-state index contributed by atoms with van der Waals surface area (Å²) in [6.45, 7) is 12.3. The fourth-order valence-corrected chi connectivity index (χ4v) is 5.54. The second-order valence-electron chi connectivity index (χ2n) is 11.7. The molecule has 9 nitrogen and oxygen atoms in total. The zero-order chi connectivity index (χ0) is 28.3. The van der Waals surface area contributed by atoms with Crippen LogP contribution in [0.3, 0.4) is 0 Å². The van der Waals surface area contributed by atoms with Gasteiger partial charge in [-0.3, -0.25) is 9.13 Å². The molecule has 0 spiro atoms. The van der Waals surface area contributed by atoms with Crippen molar-refractivity contribution in [3.63, 3.8) is 0 Å². The van der Waals surface area contributed by atoms with Crippen LogP contribution in [-0.4, -0.2) is 34.3 Å². The maximum absolute atomic E-state index is 14.4. The van der Waals surface area contributed by atoms with Gasteiger partial charge in [-0.05, 0) is 65.2 Å². The molecule has 0 fully saturated rings. The quantitative estimate of drug-likeness (QED) is 0.287. The smallest absolute Gasteiger partial charge is 0.334 e. The molecular formula is C31H40N8O. The maximum Gasteiger partial charge on any atom is 0.334 e. The minimum absolute atomic E-state index is 0.0112. The summed E-state index contributed by atoms with van der Waals surface area (Å²) in [5, 5.41) is 17.6. The molecule has 5 rings (SSSR count). The topological polar surface area (TPSA) is 98.3 Å². The summed E-state index contributed by atoms with van der Waals surface area (Å²) < 4.78 is 6.10. The number of aromatic nitrogens is 7. The van der Waals surface area contributed by atoms with Gasteiger partial charge < -0.3 is 9.88 Å². The van der Waals surface area contributed by atoms with Crippen LogP contribution in [0, 0.1) is 0 Å². The minimum Gasteiger partial charge on any atom is -0.368 e. The molecule has 1 aromatic carbocycles. The highest BCUT2D eigenvalue weighted by Gasteiger charge is 2.32. The van der Waals surface area contributed by atoms with Crippen molar-refractivity contribution in [2.24, 2.45) is 0 Å². The van der Waals surface area contributed by atoms with Crippen molar-refractivity contribution in [3.8, 4) is 17.2 Å². The molecule has 0 bridgehead atoms. The summed E-state index contributed by atoms with van der Waals surface area (Å²) in [4.78, 5) is 14.4. The summed E-state index contributed by atoms with van der Waals surface area (Å²) >= 11 is 0. The van der Waals surface area contributed by atoms with Gasteiger partial charge >= 0.3 is 5.69 Å². The molecule has 0 saturated carbocycles. The lowest BCUT2D eigenvalue weighted by atomic mass is 9.78. The summed E-state index contributed by atoms with van der Waals surface area (Å²) in [7, 11) is 0. The van der Waals surface area contributed by atoms with Crippen molar-refractivity contribution >= 4 is 0 Å². The van der Waals surface area contributed by atoms with Gasteiger partial charge in [0.05, 0.1) is 5.41 Å². The van der Waals surface area contributed by atoms with E-state index in [4.69, 9.17) is 0 Å². The van der Waals surface area contributed by atoms with Crippen LogP contribution in [0.15, 0.2) is 72.1 Å². The number of nitrogens with one attached hydrogen (secondary N) is 2. The van der Waals surface area contributed by atoms with Gasteiger partial charge in [0.15, 0.2) is 5.82 Å². The number of nitrogens with zero attached hydrogens (tertiary/aromatic N) is 6. The highest BCUT2D eigenvalue weighted by Crippen LogP contribution is 2.34. The first-order chi connectivity index (χ1) is 19.3. The Labute approximate surface area is 235 Å². The summed E-state index contributed by atoms with van der Waals surface area (Å²) in [6, 6.07) is 10.4. The molecular weight excluding hydrogens is 500 g/mol. The third-order valence-corrected chi connectivity index (χ3v) is 7.68. The van der Waals surface area contributed by atoms with E-state index in [1.165, 1.54) is 5.56 Å². The second-order valence-corrected chi connectivity index (χ2v) is 11.7. The normalized spacial score (nSPS) is 14.5. The number of tetrazole rings is 1. The van der Waals surface area contributed by atoms with E-state index in [0.717, 1.165) is 54.9 Å². The number of allylic oxidation sites excluding steroid dienone is 2. The molecule has 9 heteroatoms. The molecule has 1 aliphatic rings. The van der Waals surface area contributed by atoms with E-state index in [1.54, 1.807) is 0 Å². The van der Waals surface area contributed by atoms with E-state index in [2.05, 4.69) is 108 Å². The first-order valence-electron chi connectivity index (χ1n) is 14.2. The predicted octanol–water partition coefficient (Wildman–Crippen LogP) is 5.24. The zero-order valence-corrected chi connectivity index (χ0v) is 24.2. The van der Waals surface area contributed by atoms with Crippen molar-refractivity contribution in [3.05, 3.63) is 94.6 Å². The Bertz CT molecular complexity index is 1550. The van der Waals surface area contributed by atoms with E-state index in [0.29, 0.717) is 12.4 Å². The fourth-order valence-electron chi connectivity index (χ4n) is 5.54. The molecule has 2 N–H and O–H groups in total. The molecule has 0 amide bonds. The summed E-state index contributed by atoms with van der Waals surface area (Å²) in [6.07, 6.45) is 16.3. The van der Waals surface area contributed by atoms with Gasteiger partial charge in [-0.15, -0.1) is 5.10 Å². The zero-order valence-electron chi connectivity index (χ0n) is 24.2. The van der Waals surface area contributed by atoms with Gasteiger partial charge in [0.1, 0.15) is 5.82 Å². The van der Waals surface area contributed by atoms with Crippen molar-refractivity contribution < 1.29 is 0 Å². The number of imidazole rings is 1. The van der Waals surface area contributed by atoms with E-state index >= 15 is 0 Å². The average Bonchev–Trinajstić information content (AvgIpc) is 3.69. The fraction of sp³-hybridized carbons (Fsp3) is 0.419. The van der Waals surface area contributed by atoms with E-state index < -0.39 is 5.41 Å². The molecule has 3 aromatic heterocycles. The molecule has 4 aromatic rings. The second kappa shape index (κ2) is 11.2. The number of unbranched alkanes of at least 4 members (excludes halogenated alkanes) is 1. The van der Waals surface area contributed by atoms with Crippen molar-refractivity contribution in [2.75, 3.05) is 0 Å². The Morgan fingerprint density at radius 1 is 1.05 bits per heavy atom. The molecule has 40 heavy (non-hydrogen) atoms. The molecule has 4 heterocycles. The number of rotatable bonds is 10. The number of H-pyrrole nitrogens is 1. The van der Waals surface area contributed by atoms with E-state index in [1.807, 2.05) is 33.7 Å². The van der Waals surface area contributed by atoms with E-state index in [9.17, 15) is 4.79 Å². The summed E-state index contributed by atoms with van der Waals surface area (Å²) in [5.41, 5.74) is 3.52. The first kappa shape index (κ1) is 27.4. The largest absolute Gasteiger partial charge is 0.368 e. The Balaban J connectivity index is 1.66. The van der Waals surface area contributed by atoms with Gasteiger partial charge in [0.25, 0.3) is 0 Å². The van der Waals surface area contributed by atoms with Crippen molar-refractivity contribution in [1.29, 1.82) is 0 Å². The highest BCUT2D eigenvalue weighted by molar-refractivity contribution is 5.57. The lowest BCUT2D eigenvalue weighted by molar-refractivity contribution is 0.494. The van der Waals surface area contributed by atoms with Gasteiger partial charge in [-0.25, -0.2) is 9.89 Å². The Hall–Kier alpha value is -4.14. The number of hydrogen-bond acceptors (Lipinski definition) is 5. The van der Waals surface area contributed by atoms with Crippen LogP contribution in [0.4, 0.5) is 0 Å². The molecule has 0 unspecified atom stereocenters. The standard InChI is InChI=1S/C31H40N8O/c1-6-8-12-25-21-38(28-26(30(3,4)5)13-19-37(28)18-7-2)29(40)39(25)22-31(14-16-32-17-15-31)24-11-9-10-23(20-24)27-33-35-36-34-27/h9-11,13-17,19-21,32H,6-8,12,18,22H2,1-5H3,(H,33,34,35,36).